The van der Waals surface area contributed by atoms with Gasteiger partial charge in [-0.15, -0.1) is 6.58 Å². The fourth-order valence-electron chi connectivity index (χ4n) is 2.70. The van der Waals surface area contributed by atoms with E-state index in [0.29, 0.717) is 5.92 Å². The maximum atomic E-state index is 4.31. The Balaban J connectivity index is 2.08. The molecule has 0 atom stereocenters. The summed E-state index contributed by atoms with van der Waals surface area (Å²) < 4.78 is 0. The van der Waals surface area contributed by atoms with E-state index >= 15 is 0 Å². The summed E-state index contributed by atoms with van der Waals surface area (Å²) in [5.74, 6) is 0.576. The third kappa shape index (κ3) is 5.38. The minimum Gasteiger partial charge on any atom is -0.103 e. The average molecular weight is 316 g/mol. The van der Waals surface area contributed by atoms with E-state index in [1.807, 2.05) is 6.08 Å². The first kappa shape index (κ1) is 18.0. The van der Waals surface area contributed by atoms with E-state index < -0.39 is 0 Å². The van der Waals surface area contributed by atoms with Crippen molar-refractivity contribution in [2.45, 2.75) is 33.1 Å². The van der Waals surface area contributed by atoms with Crippen LogP contribution in [0.4, 0.5) is 0 Å². The fraction of sp³-hybridized carbons (Fsp3) is 0.250. The molecule has 0 aromatic heterocycles. The Kier molecular flexibility index (Phi) is 6.81. The highest BCUT2D eigenvalue weighted by Crippen LogP contribution is 2.22. The fourth-order valence-corrected chi connectivity index (χ4v) is 2.70. The Bertz CT molecular complexity index is 699. The molecule has 0 saturated heterocycles. The van der Waals surface area contributed by atoms with Gasteiger partial charge in [-0.1, -0.05) is 87.2 Å². The molecule has 124 valence electrons. The summed E-state index contributed by atoms with van der Waals surface area (Å²) in [6, 6.07) is 17.3. The maximum Gasteiger partial charge on any atom is -0.00230 e. The van der Waals surface area contributed by atoms with Crippen LogP contribution in [0.3, 0.4) is 0 Å². The van der Waals surface area contributed by atoms with Gasteiger partial charge < -0.3 is 0 Å². The van der Waals surface area contributed by atoms with Gasteiger partial charge in [-0.2, -0.15) is 0 Å². The Morgan fingerprint density at radius 1 is 1.00 bits per heavy atom. The van der Waals surface area contributed by atoms with Crippen molar-refractivity contribution in [1.29, 1.82) is 0 Å². The maximum absolute atomic E-state index is 4.31. The summed E-state index contributed by atoms with van der Waals surface area (Å²) >= 11 is 0. The van der Waals surface area contributed by atoms with Gasteiger partial charge in [-0.25, -0.2) is 0 Å². The quantitative estimate of drug-likeness (QED) is 0.474. The van der Waals surface area contributed by atoms with E-state index in [2.05, 4.69) is 87.7 Å². The smallest absolute Gasteiger partial charge is 0.00230 e. The molecule has 0 heteroatoms. The highest BCUT2D eigenvalue weighted by atomic mass is 14.1. The van der Waals surface area contributed by atoms with E-state index in [0.717, 1.165) is 19.3 Å². The van der Waals surface area contributed by atoms with Crippen molar-refractivity contribution in [3.05, 3.63) is 96.1 Å². The first-order chi connectivity index (χ1) is 11.6. The summed E-state index contributed by atoms with van der Waals surface area (Å²) in [6.45, 7) is 12.5. The second-order valence-corrected chi connectivity index (χ2v) is 6.60. The van der Waals surface area contributed by atoms with Crippen LogP contribution in [0.5, 0.6) is 0 Å². The van der Waals surface area contributed by atoms with Gasteiger partial charge in [0.2, 0.25) is 0 Å². The van der Waals surface area contributed by atoms with Gasteiger partial charge in [0.05, 0.1) is 0 Å². The Labute approximate surface area is 147 Å². The Morgan fingerprint density at radius 3 is 2.29 bits per heavy atom. The van der Waals surface area contributed by atoms with Gasteiger partial charge in [0.15, 0.2) is 0 Å². The Morgan fingerprint density at radius 2 is 1.67 bits per heavy atom. The molecule has 2 aromatic rings. The van der Waals surface area contributed by atoms with E-state index in [1.54, 1.807) is 0 Å². The number of hydrogen-bond acceptors (Lipinski definition) is 0. The lowest BCUT2D eigenvalue weighted by Gasteiger charge is -2.11. The van der Waals surface area contributed by atoms with Crippen LogP contribution in [0.15, 0.2) is 73.8 Å². The molecule has 0 heterocycles. The van der Waals surface area contributed by atoms with Crippen LogP contribution in [-0.4, -0.2) is 0 Å². The first-order valence-electron chi connectivity index (χ1n) is 8.74. The van der Waals surface area contributed by atoms with Gasteiger partial charge in [0.1, 0.15) is 0 Å². The van der Waals surface area contributed by atoms with E-state index in [4.69, 9.17) is 0 Å². The molecule has 0 spiro atoms. The lowest BCUT2D eigenvalue weighted by molar-refractivity contribution is 0.836. The molecule has 2 aromatic carbocycles. The van der Waals surface area contributed by atoms with Crippen molar-refractivity contribution in [1.82, 2.24) is 0 Å². The standard InChI is InChI=1S/C24H28/c1-5-6-9-23-10-7-8-11-24(23)18-20(4)22-16-14-21(15-17-22)13-12-19(2)3/h5,7-8,10-17,19H,1,4,6,9,18H2,2-3H3/b13-12+. The third-order valence-electron chi connectivity index (χ3n) is 4.13. The monoisotopic (exact) mass is 316 g/mol. The predicted molar refractivity (Wildman–Crippen MR) is 108 cm³/mol. The van der Waals surface area contributed by atoms with Crippen LogP contribution >= 0.6 is 0 Å². The van der Waals surface area contributed by atoms with Gasteiger partial charge in [0, 0.05) is 0 Å². The minimum absolute atomic E-state index is 0.576. The predicted octanol–water partition coefficient (Wildman–Crippen LogP) is 6.73. The molecular formula is C24H28. The summed E-state index contributed by atoms with van der Waals surface area (Å²) in [5, 5.41) is 0. The molecule has 24 heavy (non-hydrogen) atoms. The van der Waals surface area contributed by atoms with Crippen molar-refractivity contribution in [3.63, 3.8) is 0 Å². The van der Waals surface area contributed by atoms with Crippen LogP contribution < -0.4 is 0 Å². The zero-order valence-corrected chi connectivity index (χ0v) is 15.0. The number of benzene rings is 2. The second kappa shape index (κ2) is 9.08. The topological polar surface area (TPSA) is 0 Å². The number of allylic oxidation sites excluding steroid dienone is 3. The lowest BCUT2D eigenvalue weighted by Crippen LogP contribution is -1.96. The van der Waals surface area contributed by atoms with E-state index in [1.165, 1.54) is 27.8 Å². The SMILES string of the molecule is C=CCCc1ccccc1CC(=C)c1ccc(/C=C/C(C)C)cc1. The van der Waals surface area contributed by atoms with Crippen molar-refractivity contribution in [3.8, 4) is 0 Å². The largest absolute Gasteiger partial charge is 0.103 e. The summed E-state index contributed by atoms with van der Waals surface area (Å²) in [5.41, 5.74) is 6.39. The summed E-state index contributed by atoms with van der Waals surface area (Å²) in [7, 11) is 0. The normalized spacial score (nSPS) is 11.1. The number of rotatable bonds is 8. The highest BCUT2D eigenvalue weighted by Gasteiger charge is 2.05. The summed E-state index contributed by atoms with van der Waals surface area (Å²) in [6.07, 6.45) is 9.34. The van der Waals surface area contributed by atoms with Crippen LogP contribution in [0.1, 0.15) is 42.5 Å². The molecule has 0 N–H and O–H groups in total. The molecule has 0 fully saturated rings. The van der Waals surface area contributed by atoms with Crippen LogP contribution in [0, 0.1) is 5.92 Å². The molecule has 0 bridgehead atoms. The molecule has 2 rings (SSSR count). The lowest BCUT2D eigenvalue weighted by atomic mass is 9.94. The van der Waals surface area contributed by atoms with Crippen LogP contribution in [-0.2, 0) is 12.8 Å². The zero-order valence-electron chi connectivity index (χ0n) is 15.0. The molecular weight excluding hydrogens is 288 g/mol. The molecule has 0 aliphatic carbocycles. The second-order valence-electron chi connectivity index (χ2n) is 6.60. The first-order valence-corrected chi connectivity index (χ1v) is 8.74. The molecule has 0 amide bonds. The van der Waals surface area contributed by atoms with E-state index in [-0.39, 0.29) is 0 Å². The minimum atomic E-state index is 0.576. The molecule has 0 saturated carbocycles. The van der Waals surface area contributed by atoms with Crippen molar-refractivity contribution < 1.29 is 0 Å². The van der Waals surface area contributed by atoms with Crippen molar-refractivity contribution >= 4 is 11.6 Å². The summed E-state index contributed by atoms with van der Waals surface area (Å²) in [4.78, 5) is 0. The Hall–Kier alpha value is -2.34. The van der Waals surface area contributed by atoms with Gasteiger partial charge >= 0.3 is 0 Å². The van der Waals surface area contributed by atoms with Crippen molar-refractivity contribution in [2.75, 3.05) is 0 Å². The number of hydrogen-bond donors (Lipinski definition) is 0. The van der Waals surface area contributed by atoms with Gasteiger partial charge in [-0.05, 0) is 53.0 Å². The van der Waals surface area contributed by atoms with E-state index in [9.17, 15) is 0 Å². The van der Waals surface area contributed by atoms with Gasteiger partial charge in [-0.3, -0.25) is 0 Å². The third-order valence-corrected chi connectivity index (χ3v) is 4.13. The number of aryl methyl sites for hydroxylation is 1. The van der Waals surface area contributed by atoms with Crippen LogP contribution in [0.25, 0.3) is 11.6 Å². The molecule has 0 aliphatic heterocycles. The van der Waals surface area contributed by atoms with Crippen LogP contribution in [0.2, 0.25) is 0 Å². The molecule has 0 aliphatic rings. The molecule has 0 nitrogen and oxygen atoms in total. The molecule has 0 radical (unpaired) electrons. The van der Waals surface area contributed by atoms with Crippen molar-refractivity contribution in [2.24, 2.45) is 5.92 Å². The zero-order chi connectivity index (χ0) is 17.4. The molecule has 0 unspecified atom stereocenters. The highest BCUT2D eigenvalue weighted by molar-refractivity contribution is 5.67. The average Bonchev–Trinajstić information content (AvgIpc) is 2.59. The van der Waals surface area contributed by atoms with Gasteiger partial charge in [0.25, 0.3) is 0 Å².